The second-order valence-electron chi connectivity index (χ2n) is 4.79. The van der Waals surface area contributed by atoms with Crippen molar-refractivity contribution in [3.05, 3.63) is 42.0 Å². The highest BCUT2D eigenvalue weighted by Gasteiger charge is 2.26. The zero-order chi connectivity index (χ0) is 17.8. The van der Waals surface area contributed by atoms with Crippen LogP contribution in [0.15, 0.2) is 41.5 Å². The zero-order valence-electron chi connectivity index (χ0n) is 12.9. The van der Waals surface area contributed by atoms with Crippen molar-refractivity contribution in [3.63, 3.8) is 0 Å². The molecule has 1 N–H and O–H groups in total. The molecule has 122 valence electrons. The summed E-state index contributed by atoms with van der Waals surface area (Å²) in [7, 11) is 1.24. The number of fused-ring (bicyclic) bond motifs is 2. The highest BCUT2D eigenvalue weighted by Crippen LogP contribution is 2.48. The van der Waals surface area contributed by atoms with Gasteiger partial charge in [0.2, 0.25) is 5.71 Å². The number of nitrogens with one attached hydrogen (secondary N) is 1. The molecule has 0 aliphatic carbocycles. The molecule has 0 atom stereocenters. The maximum atomic E-state index is 12.1. The molecule has 3 rings (SSSR count). The van der Waals surface area contributed by atoms with Gasteiger partial charge >= 0.3 is 5.97 Å². The lowest BCUT2D eigenvalue weighted by molar-refractivity contribution is 0.0597. The van der Waals surface area contributed by atoms with Gasteiger partial charge in [0.25, 0.3) is 0 Å². The molecule has 25 heavy (non-hydrogen) atoms. The number of benzene rings is 2. The van der Waals surface area contributed by atoms with Crippen molar-refractivity contribution in [3.8, 4) is 35.1 Å². The second-order valence-corrected chi connectivity index (χ2v) is 4.79. The molecule has 1 heterocycles. The molecular formula is C17H10N4O4. The Bertz CT molecular complexity index is 954. The van der Waals surface area contributed by atoms with Crippen molar-refractivity contribution in [2.75, 3.05) is 12.5 Å². The summed E-state index contributed by atoms with van der Waals surface area (Å²) in [5.41, 5.74) is 2.62. The predicted molar refractivity (Wildman–Crippen MR) is 86.7 cm³/mol. The summed E-state index contributed by atoms with van der Waals surface area (Å²) in [6, 6.07) is 13.2. The number of esters is 1. The molecule has 0 saturated carbocycles. The smallest absolute Gasteiger partial charge is 0.341 e. The van der Waals surface area contributed by atoms with Crippen LogP contribution in [0.25, 0.3) is 0 Å². The molecule has 1 aliphatic rings. The van der Waals surface area contributed by atoms with Gasteiger partial charge in [-0.2, -0.15) is 15.6 Å². The Hall–Kier alpha value is -4.04. The van der Waals surface area contributed by atoms with Crippen LogP contribution in [0.4, 0.5) is 5.69 Å². The SMILES string of the molecule is COC(=O)c1cc(NN=C(C#N)C#N)cc2c1Oc1ccccc1O2. The minimum atomic E-state index is -0.632. The van der Waals surface area contributed by atoms with Crippen LogP contribution in [0.5, 0.6) is 23.0 Å². The molecule has 0 fully saturated rings. The van der Waals surface area contributed by atoms with Gasteiger partial charge in [0, 0.05) is 6.07 Å². The first kappa shape index (κ1) is 15.8. The van der Waals surface area contributed by atoms with E-state index in [4.69, 9.17) is 24.7 Å². The van der Waals surface area contributed by atoms with Gasteiger partial charge < -0.3 is 14.2 Å². The van der Waals surface area contributed by atoms with Gasteiger partial charge in [0.1, 0.15) is 17.7 Å². The summed E-state index contributed by atoms with van der Waals surface area (Å²) in [6.07, 6.45) is 0. The van der Waals surface area contributed by atoms with E-state index in [9.17, 15) is 4.79 Å². The molecular weight excluding hydrogens is 324 g/mol. The van der Waals surface area contributed by atoms with Gasteiger partial charge in [0.05, 0.1) is 12.8 Å². The molecule has 0 bridgehead atoms. The van der Waals surface area contributed by atoms with Crippen LogP contribution >= 0.6 is 0 Å². The van der Waals surface area contributed by atoms with E-state index in [-0.39, 0.29) is 22.8 Å². The molecule has 2 aromatic rings. The molecule has 8 nitrogen and oxygen atoms in total. The second kappa shape index (κ2) is 6.60. The van der Waals surface area contributed by atoms with E-state index in [0.717, 1.165) is 0 Å². The van der Waals surface area contributed by atoms with Gasteiger partial charge in [-0.1, -0.05) is 12.1 Å². The number of carbonyl (C=O) groups is 1. The number of anilines is 1. The van der Waals surface area contributed by atoms with Crippen molar-refractivity contribution in [1.29, 1.82) is 10.5 Å². The van der Waals surface area contributed by atoms with Crippen LogP contribution in [0.3, 0.4) is 0 Å². The Morgan fingerprint density at radius 2 is 1.80 bits per heavy atom. The standard InChI is InChI=1S/C17H10N4O4/c1-23-17(22)12-6-10(20-21-11(8-18)9-19)7-15-16(12)25-14-5-3-2-4-13(14)24-15/h2-7,20H,1H3. The van der Waals surface area contributed by atoms with Gasteiger partial charge in [-0.05, 0) is 18.2 Å². The zero-order valence-corrected chi connectivity index (χ0v) is 12.9. The van der Waals surface area contributed by atoms with Gasteiger partial charge in [-0.25, -0.2) is 4.79 Å². The van der Waals surface area contributed by atoms with Crippen molar-refractivity contribution >= 4 is 17.4 Å². The Morgan fingerprint density at radius 3 is 2.44 bits per heavy atom. The van der Waals surface area contributed by atoms with Crippen molar-refractivity contribution in [2.45, 2.75) is 0 Å². The number of para-hydroxylation sites is 2. The normalized spacial score (nSPS) is 10.5. The minimum Gasteiger partial charge on any atom is -0.465 e. The average molecular weight is 334 g/mol. The predicted octanol–water partition coefficient (Wildman–Crippen LogP) is 3.19. The van der Waals surface area contributed by atoms with Crippen molar-refractivity contribution < 1.29 is 19.0 Å². The first-order valence-electron chi connectivity index (χ1n) is 7.01. The highest BCUT2D eigenvalue weighted by atomic mass is 16.6. The van der Waals surface area contributed by atoms with Crippen LogP contribution in [0.2, 0.25) is 0 Å². The number of hydrogen-bond acceptors (Lipinski definition) is 8. The molecule has 0 radical (unpaired) electrons. The van der Waals surface area contributed by atoms with E-state index in [0.29, 0.717) is 17.2 Å². The number of methoxy groups -OCH3 is 1. The third-order valence-electron chi connectivity index (χ3n) is 3.25. The first-order valence-corrected chi connectivity index (χ1v) is 7.01. The van der Waals surface area contributed by atoms with Gasteiger partial charge in [-0.3, -0.25) is 5.43 Å². The summed E-state index contributed by atoms with van der Waals surface area (Å²) in [6.45, 7) is 0. The van der Waals surface area contributed by atoms with E-state index in [2.05, 4.69) is 10.5 Å². The van der Waals surface area contributed by atoms with E-state index in [1.807, 2.05) is 0 Å². The quantitative estimate of drug-likeness (QED) is 0.444. The molecule has 0 spiro atoms. The number of hydrazone groups is 1. The van der Waals surface area contributed by atoms with Crippen LogP contribution in [0, 0.1) is 22.7 Å². The summed E-state index contributed by atoms with van der Waals surface area (Å²) >= 11 is 0. The van der Waals surface area contributed by atoms with Crippen LogP contribution in [-0.2, 0) is 4.74 Å². The molecule has 0 unspecified atom stereocenters. The minimum absolute atomic E-state index is 0.114. The number of ether oxygens (including phenoxy) is 3. The number of nitrogens with zero attached hydrogens (tertiary/aromatic N) is 3. The van der Waals surface area contributed by atoms with E-state index in [1.165, 1.54) is 19.2 Å². The Balaban J connectivity index is 2.05. The van der Waals surface area contributed by atoms with Crippen molar-refractivity contribution in [1.82, 2.24) is 0 Å². The lowest BCUT2D eigenvalue weighted by Gasteiger charge is -2.22. The van der Waals surface area contributed by atoms with E-state index in [1.54, 1.807) is 36.4 Å². The van der Waals surface area contributed by atoms with Crippen LogP contribution in [0.1, 0.15) is 10.4 Å². The summed E-state index contributed by atoms with van der Waals surface area (Å²) in [5.74, 6) is 0.805. The largest absolute Gasteiger partial charge is 0.465 e. The molecule has 0 amide bonds. The maximum Gasteiger partial charge on any atom is 0.341 e. The Labute approximate surface area is 142 Å². The summed E-state index contributed by atoms with van der Waals surface area (Å²) < 4.78 is 16.3. The van der Waals surface area contributed by atoms with Crippen LogP contribution in [-0.4, -0.2) is 18.8 Å². The van der Waals surface area contributed by atoms with Crippen LogP contribution < -0.4 is 14.9 Å². The Kier molecular flexibility index (Phi) is 4.18. The first-order chi connectivity index (χ1) is 12.2. The fourth-order valence-corrected chi connectivity index (χ4v) is 2.15. The molecule has 0 saturated heterocycles. The Morgan fingerprint density at radius 1 is 1.12 bits per heavy atom. The van der Waals surface area contributed by atoms with Crippen molar-refractivity contribution in [2.24, 2.45) is 5.10 Å². The van der Waals surface area contributed by atoms with Gasteiger partial charge in [0.15, 0.2) is 23.0 Å². The summed E-state index contributed by atoms with van der Waals surface area (Å²) in [5, 5.41) is 21.1. The lowest BCUT2D eigenvalue weighted by Crippen LogP contribution is -2.09. The third kappa shape index (κ3) is 3.05. The fourth-order valence-electron chi connectivity index (χ4n) is 2.15. The van der Waals surface area contributed by atoms with E-state index < -0.39 is 5.97 Å². The number of rotatable bonds is 3. The molecule has 0 aromatic heterocycles. The van der Waals surface area contributed by atoms with Gasteiger partial charge in [-0.15, -0.1) is 0 Å². The monoisotopic (exact) mass is 334 g/mol. The molecule has 8 heteroatoms. The number of nitriles is 2. The van der Waals surface area contributed by atoms with E-state index >= 15 is 0 Å². The lowest BCUT2D eigenvalue weighted by atomic mass is 10.1. The number of hydrogen-bond donors (Lipinski definition) is 1. The molecule has 2 aromatic carbocycles. The third-order valence-corrected chi connectivity index (χ3v) is 3.25. The maximum absolute atomic E-state index is 12.1. The molecule has 1 aliphatic heterocycles. The fraction of sp³-hybridized carbons (Fsp3) is 0.0588. The summed E-state index contributed by atoms with van der Waals surface area (Å²) in [4.78, 5) is 12.1. The highest BCUT2D eigenvalue weighted by molar-refractivity contribution is 6.10. The topological polar surface area (TPSA) is 117 Å². The average Bonchev–Trinajstić information content (AvgIpc) is 2.66. The number of carbonyl (C=O) groups excluding carboxylic acids is 1.